The molecule has 5 nitrogen and oxygen atoms in total. The van der Waals surface area contributed by atoms with Crippen molar-refractivity contribution >= 4 is 17.3 Å². The monoisotopic (exact) mass is 291 g/mol. The van der Waals surface area contributed by atoms with E-state index in [2.05, 4.69) is 5.10 Å². The summed E-state index contributed by atoms with van der Waals surface area (Å²) in [6.07, 6.45) is -4.87. The van der Waals surface area contributed by atoms with Crippen LogP contribution in [0, 0.1) is 10.1 Å². The van der Waals surface area contributed by atoms with Crippen LogP contribution in [0.3, 0.4) is 0 Å². The number of aromatic nitrogens is 2. The number of nitrogens with zero attached hydrogens (tertiary/aromatic N) is 2. The largest absolute Gasteiger partial charge is 0.439 e. The number of hydrogen-bond acceptors (Lipinski definition) is 3. The van der Waals surface area contributed by atoms with Crippen molar-refractivity contribution in [1.29, 1.82) is 0 Å². The summed E-state index contributed by atoms with van der Waals surface area (Å²) < 4.78 is 37.8. The first-order valence-electron chi connectivity index (χ1n) is 4.86. The minimum Gasteiger partial charge on any atom is -0.267 e. The van der Waals surface area contributed by atoms with Gasteiger partial charge in [-0.2, -0.15) is 18.3 Å². The lowest BCUT2D eigenvalue weighted by molar-refractivity contribution is -0.387. The predicted octanol–water partition coefficient (Wildman–Crippen LogP) is 3.66. The second-order valence-electron chi connectivity index (χ2n) is 3.56. The highest BCUT2D eigenvalue weighted by atomic mass is 35.5. The van der Waals surface area contributed by atoms with Gasteiger partial charge in [-0.3, -0.25) is 15.2 Å². The Hall–Kier alpha value is -2.09. The second-order valence-corrected chi connectivity index (χ2v) is 3.99. The Balaban J connectivity index is 2.62. The van der Waals surface area contributed by atoms with Crippen molar-refractivity contribution in [3.05, 3.63) is 45.1 Å². The van der Waals surface area contributed by atoms with Crippen LogP contribution in [0.2, 0.25) is 5.02 Å². The molecule has 19 heavy (non-hydrogen) atoms. The maximum absolute atomic E-state index is 12.6. The topological polar surface area (TPSA) is 71.8 Å². The number of rotatable bonds is 2. The normalized spacial score (nSPS) is 11.6. The molecule has 0 spiro atoms. The number of nitrogens with one attached hydrogen (secondary N) is 1. The molecule has 1 aromatic carbocycles. The Kier molecular flexibility index (Phi) is 3.19. The molecular weight excluding hydrogens is 287 g/mol. The summed E-state index contributed by atoms with van der Waals surface area (Å²) in [5.74, 6) is 0. The van der Waals surface area contributed by atoms with Crippen LogP contribution in [0.4, 0.5) is 18.9 Å². The molecule has 0 aliphatic carbocycles. The molecule has 1 heterocycles. The molecule has 0 saturated carbocycles. The smallest absolute Gasteiger partial charge is 0.267 e. The van der Waals surface area contributed by atoms with Gasteiger partial charge in [0.15, 0.2) is 5.69 Å². The zero-order valence-electron chi connectivity index (χ0n) is 9.03. The third kappa shape index (κ3) is 2.53. The molecule has 2 rings (SSSR count). The summed E-state index contributed by atoms with van der Waals surface area (Å²) in [6.45, 7) is 0. The third-order valence-electron chi connectivity index (χ3n) is 2.32. The summed E-state index contributed by atoms with van der Waals surface area (Å²) in [5, 5.41) is 16.2. The van der Waals surface area contributed by atoms with Gasteiger partial charge >= 0.3 is 11.9 Å². The van der Waals surface area contributed by atoms with E-state index < -0.39 is 22.5 Å². The van der Waals surface area contributed by atoms with Gasteiger partial charge in [-0.1, -0.05) is 23.7 Å². The van der Waals surface area contributed by atoms with Gasteiger partial charge in [0, 0.05) is 10.6 Å². The van der Waals surface area contributed by atoms with Crippen LogP contribution in [0.15, 0.2) is 24.3 Å². The fourth-order valence-electron chi connectivity index (χ4n) is 1.52. The van der Waals surface area contributed by atoms with Crippen molar-refractivity contribution in [3.8, 4) is 11.3 Å². The van der Waals surface area contributed by atoms with E-state index in [1.807, 2.05) is 0 Å². The minimum atomic E-state index is -4.87. The highest BCUT2D eigenvalue weighted by Crippen LogP contribution is 2.39. The standard InChI is InChI=1S/C10H5ClF3N3O2/c11-6-3-1-5(2-4-6)7-8(17(18)19)9(16-15-7)10(12,13)14/h1-4H,(H,15,16). The summed E-state index contributed by atoms with van der Waals surface area (Å²) in [4.78, 5) is 9.70. The average Bonchev–Trinajstić information content (AvgIpc) is 2.74. The van der Waals surface area contributed by atoms with Crippen molar-refractivity contribution in [2.45, 2.75) is 6.18 Å². The van der Waals surface area contributed by atoms with E-state index in [1.165, 1.54) is 24.3 Å². The van der Waals surface area contributed by atoms with Crippen molar-refractivity contribution < 1.29 is 18.1 Å². The van der Waals surface area contributed by atoms with Gasteiger partial charge < -0.3 is 0 Å². The molecule has 0 bridgehead atoms. The summed E-state index contributed by atoms with van der Waals surface area (Å²) >= 11 is 5.64. The Morgan fingerprint density at radius 3 is 2.32 bits per heavy atom. The maximum atomic E-state index is 12.6. The Bertz CT molecular complexity index is 622. The van der Waals surface area contributed by atoms with E-state index in [-0.39, 0.29) is 11.3 Å². The molecule has 1 N–H and O–H groups in total. The summed E-state index contributed by atoms with van der Waals surface area (Å²) in [7, 11) is 0. The van der Waals surface area contributed by atoms with E-state index in [0.29, 0.717) is 5.02 Å². The molecular formula is C10H5ClF3N3O2. The highest BCUT2D eigenvalue weighted by Gasteiger charge is 2.43. The minimum absolute atomic E-state index is 0.169. The molecule has 100 valence electrons. The number of hydrogen-bond donors (Lipinski definition) is 1. The zero-order valence-corrected chi connectivity index (χ0v) is 9.79. The average molecular weight is 292 g/mol. The summed E-state index contributed by atoms with van der Waals surface area (Å²) in [6, 6.07) is 5.52. The lowest BCUT2D eigenvalue weighted by Crippen LogP contribution is -2.08. The zero-order chi connectivity index (χ0) is 14.2. The molecule has 0 amide bonds. The van der Waals surface area contributed by atoms with Gasteiger partial charge in [-0.15, -0.1) is 0 Å². The summed E-state index contributed by atoms with van der Waals surface area (Å²) in [5.41, 5.74) is -2.80. The van der Waals surface area contributed by atoms with Crippen molar-refractivity contribution in [3.63, 3.8) is 0 Å². The first-order valence-corrected chi connectivity index (χ1v) is 5.24. The van der Waals surface area contributed by atoms with Gasteiger partial charge in [-0.25, -0.2) is 0 Å². The van der Waals surface area contributed by atoms with Crippen molar-refractivity contribution in [1.82, 2.24) is 10.2 Å². The molecule has 0 fully saturated rings. The van der Waals surface area contributed by atoms with Crippen LogP contribution in [-0.4, -0.2) is 15.1 Å². The van der Waals surface area contributed by atoms with Gasteiger partial charge in [-0.05, 0) is 12.1 Å². The number of nitro groups is 1. The number of aromatic amines is 1. The molecule has 9 heteroatoms. The SMILES string of the molecule is O=[N+]([O-])c1c(-c2ccc(Cl)cc2)n[nH]c1C(F)(F)F. The van der Waals surface area contributed by atoms with E-state index in [4.69, 9.17) is 11.6 Å². The molecule has 1 aromatic heterocycles. The van der Waals surface area contributed by atoms with Crippen molar-refractivity contribution in [2.24, 2.45) is 0 Å². The molecule has 0 saturated heterocycles. The number of benzene rings is 1. The highest BCUT2D eigenvalue weighted by molar-refractivity contribution is 6.30. The van der Waals surface area contributed by atoms with Crippen LogP contribution in [0.1, 0.15) is 5.69 Å². The first kappa shape index (κ1) is 13.3. The Labute approximate surface area is 109 Å². The third-order valence-corrected chi connectivity index (χ3v) is 2.58. The van der Waals surface area contributed by atoms with Crippen LogP contribution >= 0.6 is 11.6 Å². The molecule has 2 aromatic rings. The van der Waals surface area contributed by atoms with Gasteiger partial charge in [0.1, 0.15) is 0 Å². The van der Waals surface area contributed by atoms with E-state index in [0.717, 1.165) is 0 Å². The molecule has 0 atom stereocenters. The van der Waals surface area contributed by atoms with E-state index in [1.54, 1.807) is 5.10 Å². The van der Waals surface area contributed by atoms with Gasteiger partial charge in [0.05, 0.1) is 4.92 Å². The van der Waals surface area contributed by atoms with Crippen molar-refractivity contribution in [2.75, 3.05) is 0 Å². The van der Waals surface area contributed by atoms with E-state index in [9.17, 15) is 23.3 Å². The number of H-pyrrole nitrogens is 1. The Morgan fingerprint density at radius 1 is 1.26 bits per heavy atom. The van der Waals surface area contributed by atoms with Gasteiger partial charge in [0.25, 0.3) is 0 Å². The lowest BCUT2D eigenvalue weighted by atomic mass is 10.1. The predicted molar refractivity (Wildman–Crippen MR) is 60.7 cm³/mol. The number of alkyl halides is 3. The maximum Gasteiger partial charge on any atom is 0.439 e. The first-order chi connectivity index (χ1) is 8.80. The number of halogens is 4. The van der Waals surface area contributed by atoms with Crippen LogP contribution < -0.4 is 0 Å². The lowest BCUT2D eigenvalue weighted by Gasteiger charge is -2.02. The van der Waals surface area contributed by atoms with Crippen LogP contribution in [-0.2, 0) is 6.18 Å². The van der Waals surface area contributed by atoms with Crippen LogP contribution in [0.5, 0.6) is 0 Å². The molecule has 0 unspecified atom stereocenters. The Morgan fingerprint density at radius 2 is 1.84 bits per heavy atom. The van der Waals surface area contributed by atoms with Gasteiger partial charge in [0.2, 0.25) is 5.69 Å². The van der Waals surface area contributed by atoms with E-state index >= 15 is 0 Å². The molecule has 0 aliphatic rings. The second kappa shape index (κ2) is 4.54. The fourth-order valence-corrected chi connectivity index (χ4v) is 1.65. The fraction of sp³-hybridized carbons (Fsp3) is 0.100. The van der Waals surface area contributed by atoms with Crippen LogP contribution in [0.25, 0.3) is 11.3 Å². The quantitative estimate of drug-likeness (QED) is 0.678. The molecule has 0 aliphatic heterocycles. The molecule has 0 radical (unpaired) electrons.